The normalized spacial score (nSPS) is 17.3. The predicted octanol–water partition coefficient (Wildman–Crippen LogP) is 2.44. The first kappa shape index (κ1) is 29.8. The number of benzene rings is 2. The van der Waals surface area contributed by atoms with Gasteiger partial charge in [0.25, 0.3) is 11.8 Å². The van der Waals surface area contributed by atoms with Crippen molar-refractivity contribution in [3.63, 3.8) is 0 Å². The lowest BCUT2D eigenvalue weighted by atomic mass is 9.79. The molecule has 1 fully saturated rings. The van der Waals surface area contributed by atoms with E-state index in [2.05, 4.69) is 20.9 Å². The Morgan fingerprint density at radius 2 is 1.65 bits per heavy atom. The quantitative estimate of drug-likeness (QED) is 0.250. The van der Waals surface area contributed by atoms with Gasteiger partial charge in [-0.2, -0.15) is 0 Å². The Morgan fingerprint density at radius 3 is 2.35 bits per heavy atom. The smallest absolute Gasteiger partial charge is 0.320 e. The van der Waals surface area contributed by atoms with E-state index in [9.17, 15) is 29.1 Å². The molecule has 43 heavy (non-hydrogen) atoms. The van der Waals surface area contributed by atoms with Crippen LogP contribution in [0.5, 0.6) is 0 Å². The summed E-state index contributed by atoms with van der Waals surface area (Å²) in [6, 6.07) is 16.0. The van der Waals surface area contributed by atoms with Gasteiger partial charge in [0.1, 0.15) is 17.8 Å². The van der Waals surface area contributed by atoms with Gasteiger partial charge in [-0.25, -0.2) is 4.98 Å². The zero-order valence-corrected chi connectivity index (χ0v) is 24.0. The van der Waals surface area contributed by atoms with E-state index in [0.717, 1.165) is 22.3 Å². The molecule has 3 aromatic rings. The van der Waals surface area contributed by atoms with Crippen LogP contribution in [0.4, 0.5) is 0 Å². The standard InChI is InChI=1S/C32H35N5O6/c1-33-27(38)25(18-20-10-4-2-5-11-20)35-31(43)32(15-8-3-9-16-32)36-24(30(41)42)14-17-37-28(39)22-19-21-12-6-7-13-23(21)34-26(22)29(37)40/h2,4-7,10-13,19,24-25,36H,3,8-9,14-18H2,1H3,(H,33,38)(H,35,43)(H,41,42). The van der Waals surface area contributed by atoms with Crippen molar-refractivity contribution < 1.29 is 29.1 Å². The van der Waals surface area contributed by atoms with Crippen molar-refractivity contribution in [2.75, 3.05) is 13.6 Å². The fraction of sp³-hybridized carbons (Fsp3) is 0.375. The molecule has 1 aliphatic carbocycles. The number of carbonyl (C=O) groups excluding carboxylic acids is 4. The van der Waals surface area contributed by atoms with Gasteiger partial charge in [-0.1, -0.05) is 67.8 Å². The Hall–Kier alpha value is -4.64. The first-order valence-electron chi connectivity index (χ1n) is 14.6. The van der Waals surface area contributed by atoms with Crippen LogP contribution in [0.1, 0.15) is 64.9 Å². The van der Waals surface area contributed by atoms with Gasteiger partial charge >= 0.3 is 5.97 Å². The van der Waals surface area contributed by atoms with Crippen molar-refractivity contribution >= 4 is 40.5 Å². The number of nitrogens with one attached hydrogen (secondary N) is 3. The molecule has 4 amide bonds. The summed E-state index contributed by atoms with van der Waals surface area (Å²) in [4.78, 5) is 70.7. The summed E-state index contributed by atoms with van der Waals surface area (Å²) < 4.78 is 0. The summed E-state index contributed by atoms with van der Waals surface area (Å²) in [6.07, 6.45) is 3.23. The number of pyridine rings is 1. The fourth-order valence-corrected chi connectivity index (χ4v) is 5.98. The minimum Gasteiger partial charge on any atom is -0.480 e. The number of imide groups is 1. The molecule has 2 aromatic carbocycles. The molecule has 2 aliphatic rings. The SMILES string of the molecule is CNC(=O)C(Cc1ccccc1)NC(=O)C1(NC(CCN2C(=O)c3cc4ccccc4nc3C2=O)C(=O)O)CCCCC1. The van der Waals surface area contributed by atoms with Gasteiger partial charge in [-0.15, -0.1) is 0 Å². The highest BCUT2D eigenvalue weighted by atomic mass is 16.4. The maximum Gasteiger partial charge on any atom is 0.320 e. The number of carboxylic acid groups (broad SMARTS) is 1. The molecule has 2 heterocycles. The van der Waals surface area contributed by atoms with Crippen molar-refractivity contribution in [1.82, 2.24) is 25.8 Å². The lowest BCUT2D eigenvalue weighted by Gasteiger charge is -2.39. The molecule has 11 nitrogen and oxygen atoms in total. The molecule has 0 saturated heterocycles. The van der Waals surface area contributed by atoms with Crippen molar-refractivity contribution in [1.29, 1.82) is 0 Å². The van der Waals surface area contributed by atoms with E-state index in [4.69, 9.17) is 0 Å². The number of likely N-dealkylation sites (N-methyl/N-ethyl adjacent to an activating group) is 1. The number of carboxylic acids is 1. The molecule has 224 valence electrons. The average Bonchev–Trinajstić information content (AvgIpc) is 3.25. The molecule has 2 atom stereocenters. The Labute approximate surface area is 249 Å². The van der Waals surface area contributed by atoms with Crippen LogP contribution in [0, 0.1) is 0 Å². The summed E-state index contributed by atoms with van der Waals surface area (Å²) in [5.74, 6) is -3.11. The number of amides is 4. The van der Waals surface area contributed by atoms with Gasteiger partial charge in [0.05, 0.1) is 16.6 Å². The number of fused-ring (bicyclic) bond motifs is 2. The van der Waals surface area contributed by atoms with Crippen molar-refractivity contribution in [2.45, 2.75) is 62.6 Å². The van der Waals surface area contributed by atoms with Crippen LogP contribution >= 0.6 is 0 Å². The highest BCUT2D eigenvalue weighted by Gasteiger charge is 2.44. The largest absolute Gasteiger partial charge is 0.480 e. The molecule has 1 saturated carbocycles. The summed E-state index contributed by atoms with van der Waals surface area (Å²) in [6.45, 7) is -0.166. The van der Waals surface area contributed by atoms with Gasteiger partial charge in [0, 0.05) is 25.4 Å². The lowest BCUT2D eigenvalue weighted by molar-refractivity contribution is -0.142. The third kappa shape index (κ3) is 6.26. The molecule has 0 spiro atoms. The Bertz CT molecular complexity index is 1500. The van der Waals surface area contributed by atoms with Crippen LogP contribution in [-0.2, 0) is 20.8 Å². The van der Waals surface area contributed by atoms with Crippen LogP contribution in [-0.4, -0.2) is 75.8 Å². The number of hydrogen-bond acceptors (Lipinski definition) is 7. The number of rotatable bonds is 11. The minimum atomic E-state index is -1.23. The van der Waals surface area contributed by atoms with Gasteiger partial charge in [0.2, 0.25) is 11.8 Å². The average molecular weight is 586 g/mol. The van der Waals surface area contributed by atoms with E-state index in [0.29, 0.717) is 31.2 Å². The van der Waals surface area contributed by atoms with Gasteiger partial charge < -0.3 is 15.7 Å². The van der Waals surface area contributed by atoms with Crippen LogP contribution in [0.25, 0.3) is 10.9 Å². The second-order valence-corrected chi connectivity index (χ2v) is 11.1. The van der Waals surface area contributed by atoms with E-state index in [1.54, 1.807) is 24.3 Å². The number of carbonyl (C=O) groups is 5. The molecule has 5 rings (SSSR count). The number of aromatic nitrogens is 1. The maximum atomic E-state index is 13.9. The van der Waals surface area contributed by atoms with Crippen LogP contribution in [0.3, 0.4) is 0 Å². The van der Waals surface area contributed by atoms with Crippen LogP contribution < -0.4 is 16.0 Å². The zero-order valence-electron chi connectivity index (χ0n) is 24.0. The monoisotopic (exact) mass is 585 g/mol. The van der Waals surface area contributed by atoms with Crippen molar-refractivity contribution in [3.05, 3.63) is 77.5 Å². The molecule has 0 bridgehead atoms. The third-order valence-electron chi connectivity index (χ3n) is 8.33. The Morgan fingerprint density at radius 1 is 0.953 bits per heavy atom. The summed E-state index contributed by atoms with van der Waals surface area (Å²) in [5.41, 5.74) is 0.456. The van der Waals surface area contributed by atoms with Crippen LogP contribution in [0.15, 0.2) is 60.7 Å². The van der Waals surface area contributed by atoms with E-state index >= 15 is 0 Å². The highest BCUT2D eigenvalue weighted by Crippen LogP contribution is 2.30. The zero-order chi connectivity index (χ0) is 30.6. The minimum absolute atomic E-state index is 0.0466. The predicted molar refractivity (Wildman–Crippen MR) is 158 cm³/mol. The summed E-state index contributed by atoms with van der Waals surface area (Å²) >= 11 is 0. The second-order valence-electron chi connectivity index (χ2n) is 11.1. The summed E-state index contributed by atoms with van der Waals surface area (Å²) in [5, 5.41) is 19.4. The van der Waals surface area contributed by atoms with Crippen molar-refractivity contribution in [2.24, 2.45) is 0 Å². The summed E-state index contributed by atoms with van der Waals surface area (Å²) in [7, 11) is 1.50. The maximum absolute atomic E-state index is 13.9. The van der Waals surface area contributed by atoms with E-state index in [1.807, 2.05) is 36.4 Å². The Kier molecular flexibility index (Phi) is 8.81. The molecule has 0 radical (unpaired) electrons. The van der Waals surface area contributed by atoms with E-state index in [-0.39, 0.29) is 36.6 Å². The number of nitrogens with zero attached hydrogens (tertiary/aromatic N) is 2. The van der Waals surface area contributed by atoms with E-state index < -0.39 is 41.3 Å². The molecule has 1 aromatic heterocycles. The first-order valence-corrected chi connectivity index (χ1v) is 14.6. The van der Waals surface area contributed by atoms with Crippen molar-refractivity contribution in [3.8, 4) is 0 Å². The first-order chi connectivity index (χ1) is 20.7. The van der Waals surface area contributed by atoms with Crippen LogP contribution in [0.2, 0.25) is 0 Å². The molecule has 1 aliphatic heterocycles. The van der Waals surface area contributed by atoms with E-state index in [1.165, 1.54) is 7.05 Å². The number of hydrogen-bond donors (Lipinski definition) is 4. The lowest BCUT2D eigenvalue weighted by Crippen LogP contribution is -2.64. The molecule has 11 heteroatoms. The van der Waals surface area contributed by atoms with Gasteiger partial charge in [-0.05, 0) is 37.0 Å². The second kappa shape index (κ2) is 12.7. The topological polar surface area (TPSA) is 158 Å². The Balaban J connectivity index is 1.32. The van der Waals surface area contributed by atoms with Gasteiger partial charge in [0.15, 0.2) is 0 Å². The molecule has 4 N–H and O–H groups in total. The number of para-hydroxylation sites is 1. The van der Waals surface area contributed by atoms with Gasteiger partial charge in [-0.3, -0.25) is 34.2 Å². The number of aliphatic carboxylic acids is 1. The fourth-order valence-electron chi connectivity index (χ4n) is 5.98. The molecular formula is C32H35N5O6. The molecule has 2 unspecified atom stereocenters. The highest BCUT2D eigenvalue weighted by molar-refractivity contribution is 6.21. The third-order valence-corrected chi connectivity index (χ3v) is 8.33. The molecular weight excluding hydrogens is 550 g/mol.